The van der Waals surface area contributed by atoms with Crippen molar-refractivity contribution >= 4 is 11.6 Å². The lowest BCUT2D eigenvalue weighted by molar-refractivity contribution is 0.0963. The molecule has 20 heavy (non-hydrogen) atoms. The predicted octanol–water partition coefficient (Wildman–Crippen LogP) is 4.05. The lowest BCUT2D eigenvalue weighted by Crippen LogP contribution is -2.25. The van der Waals surface area contributed by atoms with Gasteiger partial charge in [0.25, 0.3) is 0 Å². The van der Waals surface area contributed by atoms with Crippen molar-refractivity contribution in [3.05, 3.63) is 58.7 Å². The summed E-state index contributed by atoms with van der Waals surface area (Å²) >= 11 is 0. The van der Waals surface area contributed by atoms with Crippen molar-refractivity contribution < 1.29 is 9.59 Å². The molecule has 0 amide bonds. The molecule has 3 rings (SSSR count). The summed E-state index contributed by atoms with van der Waals surface area (Å²) in [5.41, 5.74) is 3.80. The van der Waals surface area contributed by atoms with Crippen LogP contribution in [0.15, 0.2) is 42.0 Å². The second kappa shape index (κ2) is 5.20. The second-order valence-electron chi connectivity index (χ2n) is 5.49. The molecule has 0 fully saturated rings. The maximum atomic E-state index is 12.7. The van der Waals surface area contributed by atoms with E-state index in [1.807, 2.05) is 18.2 Å². The monoisotopic (exact) mass is 266 g/mol. The molecule has 0 saturated heterocycles. The Kier molecular flexibility index (Phi) is 3.39. The number of hydrogen-bond donors (Lipinski definition) is 0. The topological polar surface area (TPSA) is 34.1 Å². The fraction of sp³-hybridized carbons (Fsp3) is 0.333. The molecule has 0 saturated carbocycles. The van der Waals surface area contributed by atoms with Gasteiger partial charge in [0.1, 0.15) is 0 Å². The summed E-state index contributed by atoms with van der Waals surface area (Å²) in [6.07, 6.45) is 6.99. The van der Waals surface area contributed by atoms with Crippen LogP contribution >= 0.6 is 0 Å². The van der Waals surface area contributed by atoms with Gasteiger partial charge in [0.15, 0.2) is 11.6 Å². The molecule has 0 atom stereocenters. The van der Waals surface area contributed by atoms with Gasteiger partial charge in [-0.2, -0.15) is 0 Å². The lowest BCUT2D eigenvalue weighted by atomic mass is 9.76. The highest BCUT2D eigenvalue weighted by Crippen LogP contribution is 2.36. The van der Waals surface area contributed by atoms with E-state index in [9.17, 15) is 9.59 Å². The Labute approximate surface area is 119 Å². The molecule has 0 bridgehead atoms. The standard InChI is InChI=1S/C18H18O2/c1-2-3-7-12-8-6-11-15-16(12)18(20)14-10-5-4-9-13(14)17(15)19/h2,6,8,11H,1,3-5,7,9-10H2. The van der Waals surface area contributed by atoms with E-state index in [-0.39, 0.29) is 11.6 Å². The average molecular weight is 266 g/mol. The van der Waals surface area contributed by atoms with Crippen molar-refractivity contribution in [3.8, 4) is 0 Å². The Balaban J connectivity index is 2.12. The number of ketones is 2. The number of carbonyl (C=O) groups excluding carboxylic acids is 2. The van der Waals surface area contributed by atoms with Gasteiger partial charge in [0.05, 0.1) is 0 Å². The van der Waals surface area contributed by atoms with Gasteiger partial charge < -0.3 is 0 Å². The predicted molar refractivity (Wildman–Crippen MR) is 79.1 cm³/mol. The van der Waals surface area contributed by atoms with Crippen LogP contribution in [0.5, 0.6) is 0 Å². The zero-order chi connectivity index (χ0) is 14.1. The number of aryl methyl sites for hydroxylation is 1. The highest BCUT2D eigenvalue weighted by molar-refractivity contribution is 6.27. The first-order chi connectivity index (χ1) is 9.74. The fourth-order valence-corrected chi connectivity index (χ4v) is 3.24. The van der Waals surface area contributed by atoms with E-state index in [0.29, 0.717) is 11.1 Å². The van der Waals surface area contributed by atoms with Gasteiger partial charge in [-0.1, -0.05) is 24.3 Å². The molecule has 0 heterocycles. The van der Waals surface area contributed by atoms with Gasteiger partial charge in [0.2, 0.25) is 0 Å². The van der Waals surface area contributed by atoms with Gasteiger partial charge in [-0.05, 0) is 44.1 Å². The smallest absolute Gasteiger partial charge is 0.190 e. The number of fused-ring (bicyclic) bond motifs is 1. The minimum absolute atomic E-state index is 0.0785. The summed E-state index contributed by atoms with van der Waals surface area (Å²) in [6, 6.07) is 5.64. The van der Waals surface area contributed by atoms with E-state index < -0.39 is 0 Å². The van der Waals surface area contributed by atoms with Crippen molar-refractivity contribution in [2.75, 3.05) is 0 Å². The van der Waals surface area contributed by atoms with Gasteiger partial charge >= 0.3 is 0 Å². The molecule has 0 N–H and O–H groups in total. The first-order valence-electron chi connectivity index (χ1n) is 7.28. The van der Waals surface area contributed by atoms with Crippen LogP contribution in [0.1, 0.15) is 58.4 Å². The Morgan fingerprint density at radius 2 is 1.75 bits per heavy atom. The Bertz CT molecular complexity index is 635. The summed E-state index contributed by atoms with van der Waals surface area (Å²) in [7, 11) is 0. The maximum Gasteiger partial charge on any atom is 0.190 e. The highest BCUT2D eigenvalue weighted by atomic mass is 16.1. The molecule has 1 aromatic rings. The van der Waals surface area contributed by atoms with Crippen molar-refractivity contribution in [1.29, 1.82) is 0 Å². The van der Waals surface area contributed by atoms with E-state index in [1.165, 1.54) is 0 Å². The van der Waals surface area contributed by atoms with Crippen LogP contribution in [-0.2, 0) is 6.42 Å². The van der Waals surface area contributed by atoms with Crippen LogP contribution in [0.3, 0.4) is 0 Å². The minimum atomic E-state index is 0.0785. The van der Waals surface area contributed by atoms with Crippen LogP contribution < -0.4 is 0 Å². The number of allylic oxidation sites excluding steroid dienone is 3. The Morgan fingerprint density at radius 1 is 1.05 bits per heavy atom. The average Bonchev–Trinajstić information content (AvgIpc) is 2.50. The number of carbonyl (C=O) groups is 2. The lowest BCUT2D eigenvalue weighted by Gasteiger charge is -2.26. The van der Waals surface area contributed by atoms with E-state index in [4.69, 9.17) is 0 Å². The van der Waals surface area contributed by atoms with Gasteiger partial charge in [-0.15, -0.1) is 6.58 Å². The summed E-state index contributed by atoms with van der Waals surface area (Å²) < 4.78 is 0. The summed E-state index contributed by atoms with van der Waals surface area (Å²) in [5, 5.41) is 0. The summed E-state index contributed by atoms with van der Waals surface area (Å²) in [4.78, 5) is 25.3. The van der Waals surface area contributed by atoms with E-state index in [1.54, 1.807) is 6.07 Å². The molecule has 1 aromatic carbocycles. The maximum absolute atomic E-state index is 12.7. The van der Waals surface area contributed by atoms with Crippen LogP contribution in [0.25, 0.3) is 0 Å². The number of benzene rings is 1. The third-order valence-corrected chi connectivity index (χ3v) is 4.26. The molecule has 0 aliphatic heterocycles. The van der Waals surface area contributed by atoms with Gasteiger partial charge in [-0.3, -0.25) is 9.59 Å². The van der Waals surface area contributed by atoms with Crippen molar-refractivity contribution in [2.24, 2.45) is 0 Å². The normalized spacial score (nSPS) is 17.8. The van der Waals surface area contributed by atoms with Gasteiger partial charge in [0, 0.05) is 22.3 Å². The highest BCUT2D eigenvalue weighted by Gasteiger charge is 2.34. The molecule has 2 nitrogen and oxygen atoms in total. The number of rotatable bonds is 3. The fourth-order valence-electron chi connectivity index (χ4n) is 3.24. The first-order valence-corrected chi connectivity index (χ1v) is 7.28. The molecule has 102 valence electrons. The van der Waals surface area contributed by atoms with Crippen molar-refractivity contribution in [3.63, 3.8) is 0 Å². The SMILES string of the molecule is C=CCCc1cccc2c1C(=O)C1=C(CCCC1)C2=O. The Morgan fingerprint density at radius 3 is 2.45 bits per heavy atom. The molecule has 2 aliphatic carbocycles. The number of Topliss-reactive ketones (excluding diaryl/α,β-unsaturated/α-hetero) is 2. The molecule has 2 aliphatic rings. The molecule has 0 radical (unpaired) electrons. The summed E-state index contributed by atoms with van der Waals surface area (Å²) in [6.45, 7) is 3.73. The zero-order valence-corrected chi connectivity index (χ0v) is 11.6. The van der Waals surface area contributed by atoms with Gasteiger partial charge in [-0.25, -0.2) is 0 Å². The van der Waals surface area contributed by atoms with Crippen LogP contribution in [0, 0.1) is 0 Å². The van der Waals surface area contributed by atoms with Crippen molar-refractivity contribution in [1.82, 2.24) is 0 Å². The van der Waals surface area contributed by atoms with E-state index >= 15 is 0 Å². The molecule has 0 unspecified atom stereocenters. The molecule has 0 spiro atoms. The van der Waals surface area contributed by atoms with Crippen molar-refractivity contribution in [2.45, 2.75) is 38.5 Å². The van der Waals surface area contributed by atoms with Crippen LogP contribution in [0.2, 0.25) is 0 Å². The zero-order valence-electron chi connectivity index (χ0n) is 11.6. The quantitative estimate of drug-likeness (QED) is 0.773. The Hall–Kier alpha value is -1.96. The third kappa shape index (κ3) is 1.96. The van der Waals surface area contributed by atoms with Crippen LogP contribution in [-0.4, -0.2) is 11.6 Å². The summed E-state index contributed by atoms with van der Waals surface area (Å²) in [5.74, 6) is 0.170. The molecule has 0 aromatic heterocycles. The molecular weight excluding hydrogens is 248 g/mol. The van der Waals surface area contributed by atoms with Crippen LogP contribution in [0.4, 0.5) is 0 Å². The second-order valence-corrected chi connectivity index (χ2v) is 5.49. The first kappa shape index (κ1) is 13.0. The molecule has 2 heteroatoms. The van der Waals surface area contributed by atoms with E-state index in [0.717, 1.165) is 55.2 Å². The minimum Gasteiger partial charge on any atom is -0.289 e. The number of hydrogen-bond acceptors (Lipinski definition) is 2. The molecular formula is C18H18O2. The van der Waals surface area contributed by atoms with E-state index in [2.05, 4.69) is 6.58 Å². The third-order valence-electron chi connectivity index (χ3n) is 4.26. The largest absolute Gasteiger partial charge is 0.289 e.